The number of allylic oxidation sites excluding steroid dienone is 6. The van der Waals surface area contributed by atoms with Crippen LogP contribution in [0.25, 0.3) is 0 Å². The van der Waals surface area contributed by atoms with Gasteiger partial charge in [0.1, 0.15) is 0 Å². The van der Waals surface area contributed by atoms with E-state index in [0.717, 1.165) is 0 Å². The van der Waals surface area contributed by atoms with E-state index in [1.165, 1.54) is 0 Å². The lowest BCUT2D eigenvalue weighted by Crippen LogP contribution is -2.13. The summed E-state index contributed by atoms with van der Waals surface area (Å²) >= 11 is 0. The molecule has 0 atom stereocenters. The molecule has 0 aliphatic heterocycles. The molecule has 0 amide bonds. The van der Waals surface area contributed by atoms with Crippen molar-refractivity contribution in [2.45, 2.75) is 13.8 Å². The number of hydrogen-bond donors (Lipinski definition) is 0. The quantitative estimate of drug-likeness (QED) is 0.444. The summed E-state index contributed by atoms with van der Waals surface area (Å²) in [6, 6.07) is 0. The predicted octanol–water partition coefficient (Wildman–Crippen LogP) is 2.69. The second-order valence-electron chi connectivity index (χ2n) is 3.19. The van der Waals surface area contributed by atoms with Gasteiger partial charge in [0.05, 0.1) is 0 Å². The Morgan fingerprint density at radius 1 is 0.800 bits per heavy atom. The van der Waals surface area contributed by atoms with Crippen LogP contribution in [-0.2, 0) is 0 Å². The third-order valence-electron chi connectivity index (χ3n) is 2.67. The van der Waals surface area contributed by atoms with Crippen LogP contribution in [0.1, 0.15) is 13.8 Å². The summed E-state index contributed by atoms with van der Waals surface area (Å²) in [6.07, 6.45) is 9.19. The van der Waals surface area contributed by atoms with Gasteiger partial charge in [-0.2, -0.15) is 0 Å². The van der Waals surface area contributed by atoms with Crippen LogP contribution in [0, 0.1) is 11.8 Å². The summed E-state index contributed by atoms with van der Waals surface area (Å²) < 4.78 is 0. The minimum atomic E-state index is 0.616. The molecule has 10 heavy (non-hydrogen) atoms. The van der Waals surface area contributed by atoms with E-state index in [-0.39, 0.29) is 0 Å². The van der Waals surface area contributed by atoms with Gasteiger partial charge in [0.25, 0.3) is 0 Å². The summed E-state index contributed by atoms with van der Waals surface area (Å²) in [6.45, 7) is 4.47. The van der Waals surface area contributed by atoms with E-state index in [1.54, 1.807) is 11.1 Å². The van der Waals surface area contributed by atoms with Gasteiger partial charge in [-0.05, 0) is 13.8 Å². The first-order chi connectivity index (χ1) is 4.79. The zero-order valence-electron chi connectivity index (χ0n) is 6.46. The van der Waals surface area contributed by atoms with E-state index in [9.17, 15) is 0 Å². The van der Waals surface area contributed by atoms with E-state index >= 15 is 0 Å². The van der Waals surface area contributed by atoms with Gasteiger partial charge in [-0.1, -0.05) is 35.5 Å². The fraction of sp³-hybridized carbons (Fsp3) is 0.400. The molecule has 2 bridgehead atoms. The third kappa shape index (κ3) is 0.620. The normalized spacial score (nSPS) is 35.8. The van der Waals surface area contributed by atoms with E-state index in [1.807, 2.05) is 0 Å². The standard InChI is InChI=1S/C10H12/c1-7-8(2)10-5-3-9(7)4-6-10/h3-6,9-10H,1-2H3. The van der Waals surface area contributed by atoms with Gasteiger partial charge >= 0.3 is 0 Å². The van der Waals surface area contributed by atoms with Crippen molar-refractivity contribution in [3.8, 4) is 0 Å². The molecule has 3 aliphatic carbocycles. The molecule has 0 aromatic heterocycles. The molecule has 0 radical (unpaired) electrons. The van der Waals surface area contributed by atoms with Gasteiger partial charge < -0.3 is 0 Å². The largest absolute Gasteiger partial charge is 0.0767 e. The van der Waals surface area contributed by atoms with Crippen molar-refractivity contribution in [3.63, 3.8) is 0 Å². The molecule has 0 heterocycles. The Labute approximate surface area is 61.9 Å². The highest BCUT2D eigenvalue weighted by atomic mass is 14.3. The summed E-state index contributed by atoms with van der Waals surface area (Å²) in [5.74, 6) is 1.23. The van der Waals surface area contributed by atoms with Gasteiger partial charge in [-0.15, -0.1) is 0 Å². The smallest absolute Gasteiger partial charge is 0.0158 e. The zero-order valence-corrected chi connectivity index (χ0v) is 6.46. The maximum absolute atomic E-state index is 2.30. The monoisotopic (exact) mass is 132 g/mol. The lowest BCUT2D eigenvalue weighted by molar-refractivity contribution is 0.769. The molecule has 0 fully saturated rings. The van der Waals surface area contributed by atoms with Crippen LogP contribution in [0.15, 0.2) is 35.5 Å². The SMILES string of the molecule is CC1=C(C)C2C=CC1C=C2. The zero-order chi connectivity index (χ0) is 7.14. The van der Waals surface area contributed by atoms with E-state index in [2.05, 4.69) is 38.2 Å². The van der Waals surface area contributed by atoms with Crippen molar-refractivity contribution in [3.05, 3.63) is 35.5 Å². The van der Waals surface area contributed by atoms with Crippen LogP contribution >= 0.6 is 0 Å². The Hall–Kier alpha value is -0.780. The van der Waals surface area contributed by atoms with Crippen LogP contribution in [0.2, 0.25) is 0 Å². The molecule has 0 aromatic carbocycles. The molecule has 0 nitrogen and oxygen atoms in total. The van der Waals surface area contributed by atoms with Crippen LogP contribution in [0.5, 0.6) is 0 Å². The van der Waals surface area contributed by atoms with E-state index < -0.39 is 0 Å². The Balaban J connectivity index is 2.46. The fourth-order valence-corrected chi connectivity index (χ4v) is 1.71. The fourth-order valence-electron chi connectivity index (χ4n) is 1.71. The molecule has 0 aromatic rings. The molecule has 0 N–H and O–H groups in total. The number of hydrogen-bond acceptors (Lipinski definition) is 0. The molecule has 0 spiro atoms. The first kappa shape index (κ1) is 5.96. The first-order valence-electron chi connectivity index (χ1n) is 3.83. The third-order valence-corrected chi connectivity index (χ3v) is 2.67. The molecule has 3 aliphatic rings. The summed E-state index contributed by atoms with van der Waals surface area (Å²) in [4.78, 5) is 0. The Morgan fingerprint density at radius 2 is 1.10 bits per heavy atom. The van der Waals surface area contributed by atoms with Crippen molar-refractivity contribution in [1.82, 2.24) is 0 Å². The molecule has 0 unspecified atom stereocenters. The van der Waals surface area contributed by atoms with Crippen molar-refractivity contribution in [1.29, 1.82) is 0 Å². The minimum absolute atomic E-state index is 0.616. The van der Waals surface area contributed by atoms with Crippen molar-refractivity contribution in [2.24, 2.45) is 11.8 Å². The molecular weight excluding hydrogens is 120 g/mol. The van der Waals surface area contributed by atoms with Crippen molar-refractivity contribution < 1.29 is 0 Å². The van der Waals surface area contributed by atoms with Crippen LogP contribution in [0.4, 0.5) is 0 Å². The number of rotatable bonds is 0. The highest BCUT2D eigenvalue weighted by Gasteiger charge is 2.20. The van der Waals surface area contributed by atoms with Crippen LogP contribution < -0.4 is 0 Å². The predicted molar refractivity (Wildman–Crippen MR) is 43.6 cm³/mol. The van der Waals surface area contributed by atoms with Crippen LogP contribution in [-0.4, -0.2) is 0 Å². The molecule has 52 valence electrons. The highest BCUT2D eigenvalue weighted by Crippen LogP contribution is 2.34. The van der Waals surface area contributed by atoms with E-state index in [4.69, 9.17) is 0 Å². The average molecular weight is 132 g/mol. The summed E-state index contributed by atoms with van der Waals surface area (Å²) in [7, 11) is 0. The minimum Gasteiger partial charge on any atom is -0.0767 e. The van der Waals surface area contributed by atoms with Crippen molar-refractivity contribution >= 4 is 0 Å². The molecule has 0 saturated heterocycles. The second kappa shape index (κ2) is 1.85. The summed E-state index contributed by atoms with van der Waals surface area (Å²) in [5.41, 5.74) is 3.10. The highest BCUT2D eigenvalue weighted by molar-refractivity contribution is 5.39. The second-order valence-corrected chi connectivity index (χ2v) is 3.19. The Morgan fingerprint density at radius 3 is 1.30 bits per heavy atom. The topological polar surface area (TPSA) is 0 Å². The lowest BCUT2D eigenvalue weighted by Gasteiger charge is -2.27. The molecular formula is C10H12. The van der Waals surface area contributed by atoms with Gasteiger partial charge in [-0.3, -0.25) is 0 Å². The maximum atomic E-state index is 2.30. The Kier molecular flexibility index (Phi) is 1.10. The molecule has 3 rings (SSSR count). The molecule has 0 heteroatoms. The van der Waals surface area contributed by atoms with Crippen molar-refractivity contribution in [2.75, 3.05) is 0 Å². The molecule has 0 saturated carbocycles. The van der Waals surface area contributed by atoms with Crippen LogP contribution in [0.3, 0.4) is 0 Å². The van der Waals surface area contributed by atoms with Gasteiger partial charge in [-0.25, -0.2) is 0 Å². The maximum Gasteiger partial charge on any atom is 0.0158 e. The Bertz CT molecular complexity index is 203. The average Bonchev–Trinajstić information content (AvgIpc) is 2.00. The summed E-state index contributed by atoms with van der Waals surface area (Å²) in [5, 5.41) is 0. The lowest BCUT2D eigenvalue weighted by atomic mass is 9.78. The van der Waals surface area contributed by atoms with E-state index in [0.29, 0.717) is 11.8 Å². The van der Waals surface area contributed by atoms with Gasteiger partial charge in [0, 0.05) is 11.8 Å². The van der Waals surface area contributed by atoms with Gasteiger partial charge in [0.2, 0.25) is 0 Å². The first-order valence-corrected chi connectivity index (χ1v) is 3.83. The van der Waals surface area contributed by atoms with Gasteiger partial charge in [0.15, 0.2) is 0 Å².